The van der Waals surface area contributed by atoms with Gasteiger partial charge in [-0.25, -0.2) is 4.79 Å². The fourth-order valence-corrected chi connectivity index (χ4v) is 5.60. The molecule has 0 fully saturated rings. The Kier molecular flexibility index (Phi) is 15.4. The van der Waals surface area contributed by atoms with E-state index in [9.17, 15) is 34.2 Å². The van der Waals surface area contributed by atoms with Crippen molar-refractivity contribution in [1.82, 2.24) is 21.3 Å². The summed E-state index contributed by atoms with van der Waals surface area (Å²) < 4.78 is 5.71. The number of ether oxygens (including phenoxy) is 1. The molecule has 0 aliphatic heterocycles. The van der Waals surface area contributed by atoms with Crippen LogP contribution in [-0.2, 0) is 30.4 Å². The van der Waals surface area contributed by atoms with Crippen LogP contribution in [0.15, 0.2) is 72.8 Å². The summed E-state index contributed by atoms with van der Waals surface area (Å²) in [6.45, 7) is 10.2. The molecule has 0 saturated heterocycles. The van der Waals surface area contributed by atoms with Gasteiger partial charge in [0, 0.05) is 0 Å². The molecule has 4 amide bonds. The zero-order chi connectivity index (χ0) is 37.7. The number of carbonyl (C=O) groups is 5. The molecule has 2 unspecified atom stereocenters. The summed E-state index contributed by atoms with van der Waals surface area (Å²) in [4.78, 5) is 64.8. The molecule has 0 heterocycles. The van der Waals surface area contributed by atoms with Gasteiger partial charge in [0.15, 0.2) is 6.61 Å². The zero-order valence-electron chi connectivity index (χ0n) is 30.2. The molecule has 12 nitrogen and oxygen atoms in total. The van der Waals surface area contributed by atoms with E-state index in [1.54, 1.807) is 40.7 Å². The highest BCUT2D eigenvalue weighted by molar-refractivity contribution is 5.91. The predicted molar refractivity (Wildman–Crippen MR) is 195 cm³/mol. The molecule has 3 aromatic rings. The van der Waals surface area contributed by atoms with Gasteiger partial charge in [-0.3, -0.25) is 19.2 Å². The summed E-state index contributed by atoms with van der Waals surface area (Å²) in [6.07, 6.45) is -1.14. The Hall–Kier alpha value is -4.97. The van der Waals surface area contributed by atoms with Crippen molar-refractivity contribution in [3.05, 3.63) is 78.4 Å². The number of aliphatic hydroxyl groups excluding tert-OH is 1. The van der Waals surface area contributed by atoms with Crippen molar-refractivity contribution in [1.29, 1.82) is 0 Å². The number of amides is 4. The highest BCUT2D eigenvalue weighted by Crippen LogP contribution is 2.20. The number of nitrogens with one attached hydrogen (secondary N) is 4. The minimum absolute atomic E-state index is 0.175. The molecule has 0 spiro atoms. The Morgan fingerprint density at radius 2 is 1.27 bits per heavy atom. The van der Waals surface area contributed by atoms with Crippen molar-refractivity contribution in [3.8, 4) is 5.75 Å². The summed E-state index contributed by atoms with van der Waals surface area (Å²) in [6, 6.07) is 18.3. The molecule has 0 radical (unpaired) electrons. The molecule has 51 heavy (non-hydrogen) atoms. The number of hydrogen-bond donors (Lipinski definition) is 6. The van der Waals surface area contributed by atoms with Crippen molar-refractivity contribution in [2.45, 2.75) is 91.1 Å². The van der Waals surface area contributed by atoms with Crippen LogP contribution in [0.5, 0.6) is 5.75 Å². The highest BCUT2D eigenvalue weighted by Gasteiger charge is 2.34. The van der Waals surface area contributed by atoms with Gasteiger partial charge in [0.25, 0.3) is 5.91 Å². The molecule has 6 atom stereocenters. The Morgan fingerprint density at radius 3 is 1.88 bits per heavy atom. The first-order valence-electron chi connectivity index (χ1n) is 17.5. The summed E-state index contributed by atoms with van der Waals surface area (Å²) >= 11 is 0. The van der Waals surface area contributed by atoms with E-state index in [2.05, 4.69) is 21.3 Å². The molecular weight excluding hydrogens is 652 g/mol. The number of aliphatic carboxylic acids is 1. The van der Waals surface area contributed by atoms with E-state index in [4.69, 9.17) is 4.74 Å². The SMILES string of the molecule is CC[C@H](C)[C@H](NC(=O)CC(O)C(Cc1ccccc1)NC(=O)[C@@H](NC(=O)COc1ccc2ccccc2c1)C(C)C)C(=O)N[C@H](C(=O)O)C(C)C. The van der Waals surface area contributed by atoms with Crippen LogP contribution in [0.3, 0.4) is 0 Å². The molecule has 0 aliphatic carbocycles. The molecule has 276 valence electrons. The minimum Gasteiger partial charge on any atom is -0.484 e. The maximum atomic E-state index is 13.7. The maximum Gasteiger partial charge on any atom is 0.326 e. The third kappa shape index (κ3) is 12.4. The largest absolute Gasteiger partial charge is 0.484 e. The van der Waals surface area contributed by atoms with Gasteiger partial charge in [-0.05, 0) is 52.6 Å². The van der Waals surface area contributed by atoms with Gasteiger partial charge < -0.3 is 36.2 Å². The summed E-state index contributed by atoms with van der Waals surface area (Å²) in [5.74, 6) is -4.07. The van der Waals surface area contributed by atoms with E-state index >= 15 is 0 Å². The first-order valence-corrected chi connectivity index (χ1v) is 17.5. The van der Waals surface area contributed by atoms with Crippen molar-refractivity contribution in [3.63, 3.8) is 0 Å². The van der Waals surface area contributed by atoms with Crippen LogP contribution in [0.4, 0.5) is 0 Å². The third-order valence-electron chi connectivity index (χ3n) is 8.88. The van der Waals surface area contributed by atoms with Gasteiger partial charge in [-0.1, -0.05) is 109 Å². The Bertz CT molecular complexity index is 1630. The molecule has 0 aromatic heterocycles. The monoisotopic (exact) mass is 704 g/mol. The van der Waals surface area contributed by atoms with E-state index in [1.807, 2.05) is 73.7 Å². The van der Waals surface area contributed by atoms with Gasteiger partial charge in [0.05, 0.1) is 18.6 Å². The van der Waals surface area contributed by atoms with Crippen LogP contribution in [0.25, 0.3) is 10.8 Å². The summed E-state index contributed by atoms with van der Waals surface area (Å²) in [7, 11) is 0. The van der Waals surface area contributed by atoms with Gasteiger partial charge in [-0.2, -0.15) is 0 Å². The lowest BCUT2D eigenvalue weighted by Gasteiger charge is -2.29. The van der Waals surface area contributed by atoms with Gasteiger partial charge in [0.1, 0.15) is 23.9 Å². The number of benzene rings is 3. The molecule has 3 rings (SSSR count). The fourth-order valence-electron chi connectivity index (χ4n) is 5.60. The average Bonchev–Trinajstić information content (AvgIpc) is 3.09. The zero-order valence-corrected chi connectivity index (χ0v) is 30.2. The van der Waals surface area contributed by atoms with Crippen LogP contribution >= 0.6 is 0 Å². The van der Waals surface area contributed by atoms with E-state index in [0.29, 0.717) is 12.2 Å². The lowest BCUT2D eigenvalue weighted by atomic mass is 9.95. The summed E-state index contributed by atoms with van der Waals surface area (Å²) in [5.41, 5.74) is 0.793. The van der Waals surface area contributed by atoms with Crippen molar-refractivity contribution < 1.29 is 38.9 Å². The first kappa shape index (κ1) is 40.5. The van der Waals surface area contributed by atoms with E-state index in [0.717, 1.165) is 16.3 Å². The van der Waals surface area contributed by atoms with E-state index in [1.165, 1.54) is 0 Å². The lowest BCUT2D eigenvalue weighted by Crippen LogP contribution is -2.57. The van der Waals surface area contributed by atoms with Gasteiger partial charge in [-0.15, -0.1) is 0 Å². The van der Waals surface area contributed by atoms with Crippen LogP contribution in [0.2, 0.25) is 0 Å². The Morgan fingerprint density at radius 1 is 0.686 bits per heavy atom. The topological polar surface area (TPSA) is 183 Å². The smallest absolute Gasteiger partial charge is 0.326 e. The number of aliphatic hydroxyl groups is 1. The number of carbonyl (C=O) groups excluding carboxylic acids is 4. The van der Waals surface area contributed by atoms with Crippen molar-refractivity contribution in [2.75, 3.05) is 6.61 Å². The Labute approximate surface area is 299 Å². The minimum atomic E-state index is -1.38. The third-order valence-corrected chi connectivity index (χ3v) is 8.88. The lowest BCUT2D eigenvalue weighted by molar-refractivity contribution is -0.143. The average molecular weight is 705 g/mol. The normalized spacial score (nSPS) is 14.8. The molecule has 12 heteroatoms. The molecule has 3 aromatic carbocycles. The first-order chi connectivity index (χ1) is 24.2. The van der Waals surface area contributed by atoms with E-state index in [-0.39, 0.29) is 30.8 Å². The van der Waals surface area contributed by atoms with Crippen molar-refractivity contribution in [2.24, 2.45) is 17.8 Å². The Balaban J connectivity index is 1.70. The molecule has 0 aliphatic rings. The molecular formula is C39H52N4O8. The van der Waals surface area contributed by atoms with Crippen LogP contribution in [-0.4, -0.2) is 76.7 Å². The number of hydrogen-bond acceptors (Lipinski definition) is 7. The number of carboxylic acids is 1. The number of fused-ring (bicyclic) bond motifs is 1. The van der Waals surface area contributed by atoms with E-state index < -0.39 is 66.3 Å². The summed E-state index contributed by atoms with van der Waals surface area (Å²) in [5, 5.41) is 33.7. The van der Waals surface area contributed by atoms with Crippen LogP contribution in [0.1, 0.15) is 59.9 Å². The standard InChI is InChI=1S/C39H52N4O8/c1-7-25(6)36(38(48)43-35(24(4)5)39(49)50)41-32(45)21-31(44)30(19-26-13-9-8-10-14-26)40-37(47)34(23(2)3)42-33(46)22-51-29-18-17-27-15-11-12-16-28(27)20-29/h8-18,20,23-25,30-31,34-36,44H,7,19,21-22H2,1-6H3,(H,40,47)(H,41,45)(H,42,46)(H,43,48)(H,49,50)/t25-,30?,31?,34-,35-,36-/m0/s1. The second-order valence-corrected chi connectivity index (χ2v) is 13.7. The molecule has 0 bridgehead atoms. The quantitative estimate of drug-likeness (QED) is 0.109. The number of carboxylic acid groups (broad SMARTS) is 1. The molecule has 6 N–H and O–H groups in total. The molecule has 0 saturated carbocycles. The second-order valence-electron chi connectivity index (χ2n) is 13.7. The predicted octanol–water partition coefficient (Wildman–Crippen LogP) is 3.59. The van der Waals surface area contributed by atoms with Crippen LogP contribution in [0, 0.1) is 17.8 Å². The second kappa shape index (κ2) is 19.4. The highest BCUT2D eigenvalue weighted by atomic mass is 16.5. The van der Waals surface area contributed by atoms with Crippen molar-refractivity contribution >= 4 is 40.4 Å². The van der Waals surface area contributed by atoms with Crippen LogP contribution < -0.4 is 26.0 Å². The maximum absolute atomic E-state index is 13.7. The van der Waals surface area contributed by atoms with Gasteiger partial charge in [0.2, 0.25) is 17.7 Å². The van der Waals surface area contributed by atoms with Gasteiger partial charge >= 0.3 is 5.97 Å². The number of rotatable bonds is 19. The fraction of sp³-hybridized carbons (Fsp3) is 0.462.